The fraction of sp³-hybridized carbons (Fsp3) is 0.0500. The van der Waals surface area contributed by atoms with Crippen LogP contribution in [0, 0.1) is 0 Å². The fourth-order valence-corrected chi connectivity index (χ4v) is 2.98. The summed E-state index contributed by atoms with van der Waals surface area (Å²) in [5.74, 6) is 0.170. The van der Waals surface area contributed by atoms with Gasteiger partial charge in [-0.3, -0.25) is 4.79 Å². The first kappa shape index (κ1) is 20.3. The van der Waals surface area contributed by atoms with Crippen molar-refractivity contribution in [3.8, 4) is 5.75 Å². The lowest BCUT2D eigenvalue weighted by molar-refractivity contribution is 0.0955. The highest BCUT2D eigenvalue weighted by atomic mass is 79.9. The number of pyridine rings is 1. The van der Waals surface area contributed by atoms with Gasteiger partial charge in [-0.15, -0.1) is 0 Å². The molecular formula is C20H14BrCl2N3O2. The van der Waals surface area contributed by atoms with Crippen LogP contribution < -0.4 is 10.2 Å². The quantitative estimate of drug-likeness (QED) is 0.289. The van der Waals surface area contributed by atoms with Crippen molar-refractivity contribution in [2.45, 2.75) is 6.61 Å². The summed E-state index contributed by atoms with van der Waals surface area (Å²) in [6.45, 7) is 0.372. The predicted molar refractivity (Wildman–Crippen MR) is 114 cm³/mol. The Kier molecular flexibility index (Phi) is 7.03. The fourth-order valence-electron chi connectivity index (χ4n) is 2.27. The van der Waals surface area contributed by atoms with E-state index in [-0.39, 0.29) is 10.7 Å². The van der Waals surface area contributed by atoms with Crippen LogP contribution in [-0.2, 0) is 6.61 Å². The average molecular weight is 479 g/mol. The number of hydrogen-bond donors (Lipinski definition) is 1. The molecule has 2 aromatic carbocycles. The maximum absolute atomic E-state index is 12.1. The molecule has 0 saturated carbocycles. The van der Waals surface area contributed by atoms with Crippen LogP contribution in [-0.4, -0.2) is 17.1 Å². The molecule has 0 aliphatic rings. The van der Waals surface area contributed by atoms with Crippen molar-refractivity contribution in [3.63, 3.8) is 0 Å². The van der Waals surface area contributed by atoms with Gasteiger partial charge in [0.15, 0.2) is 0 Å². The summed E-state index contributed by atoms with van der Waals surface area (Å²) in [5.41, 5.74) is 4.36. The van der Waals surface area contributed by atoms with Gasteiger partial charge in [0, 0.05) is 21.3 Å². The van der Waals surface area contributed by atoms with Crippen molar-refractivity contribution in [3.05, 3.63) is 92.1 Å². The topological polar surface area (TPSA) is 63.6 Å². The van der Waals surface area contributed by atoms with Crippen molar-refractivity contribution < 1.29 is 9.53 Å². The van der Waals surface area contributed by atoms with Gasteiger partial charge in [0.25, 0.3) is 5.91 Å². The Labute approximate surface area is 180 Å². The van der Waals surface area contributed by atoms with Gasteiger partial charge in [-0.05, 0) is 48.0 Å². The minimum absolute atomic E-state index is 0.115. The van der Waals surface area contributed by atoms with Crippen molar-refractivity contribution in [2.75, 3.05) is 0 Å². The molecule has 3 rings (SSSR count). The lowest BCUT2D eigenvalue weighted by atomic mass is 10.2. The lowest BCUT2D eigenvalue weighted by Crippen LogP contribution is -2.18. The number of ether oxygens (including phenoxy) is 1. The predicted octanol–water partition coefficient (Wildman–Crippen LogP) is 5.49. The van der Waals surface area contributed by atoms with Crippen LogP contribution in [0.3, 0.4) is 0 Å². The second-order valence-electron chi connectivity index (χ2n) is 5.64. The summed E-state index contributed by atoms with van der Waals surface area (Å²) in [6.07, 6.45) is 3.01. The van der Waals surface area contributed by atoms with Gasteiger partial charge in [0.05, 0.1) is 11.8 Å². The SMILES string of the molecule is O=C(NN=Cc1cc(Br)ccc1OCc1ccc(Cl)cc1)c1cccnc1Cl. The number of nitrogens with zero attached hydrogens (tertiary/aromatic N) is 2. The molecule has 0 radical (unpaired) electrons. The summed E-state index contributed by atoms with van der Waals surface area (Å²) >= 11 is 15.2. The Balaban J connectivity index is 1.69. The molecule has 0 aliphatic heterocycles. The molecule has 1 aromatic heterocycles. The maximum atomic E-state index is 12.1. The molecule has 8 heteroatoms. The molecule has 1 heterocycles. The minimum Gasteiger partial charge on any atom is -0.488 e. The first-order chi connectivity index (χ1) is 13.5. The zero-order valence-electron chi connectivity index (χ0n) is 14.4. The number of hydrazone groups is 1. The smallest absolute Gasteiger partial charge is 0.274 e. The number of hydrogen-bond acceptors (Lipinski definition) is 4. The number of benzene rings is 2. The van der Waals surface area contributed by atoms with E-state index in [4.69, 9.17) is 27.9 Å². The standard InChI is InChI=1S/C20H14BrCl2N3O2/c21-15-5-8-18(28-12-13-3-6-16(22)7-4-13)14(10-15)11-25-26-20(27)17-2-1-9-24-19(17)23/h1-11H,12H2,(H,26,27). The summed E-state index contributed by atoms with van der Waals surface area (Å²) in [6, 6.07) is 16.1. The van der Waals surface area contributed by atoms with E-state index in [1.807, 2.05) is 42.5 Å². The zero-order valence-corrected chi connectivity index (χ0v) is 17.5. The van der Waals surface area contributed by atoms with E-state index in [9.17, 15) is 4.79 Å². The van der Waals surface area contributed by atoms with Gasteiger partial charge in [-0.2, -0.15) is 5.10 Å². The first-order valence-electron chi connectivity index (χ1n) is 8.13. The second kappa shape index (κ2) is 9.68. The molecule has 0 bridgehead atoms. The first-order valence-corrected chi connectivity index (χ1v) is 9.68. The van der Waals surface area contributed by atoms with Gasteiger partial charge in [0.2, 0.25) is 0 Å². The van der Waals surface area contributed by atoms with E-state index < -0.39 is 5.91 Å². The summed E-state index contributed by atoms with van der Waals surface area (Å²) in [5, 5.41) is 4.78. The molecule has 0 aliphatic carbocycles. The summed E-state index contributed by atoms with van der Waals surface area (Å²) in [4.78, 5) is 16.0. The Morgan fingerprint density at radius 3 is 2.71 bits per heavy atom. The molecule has 142 valence electrons. The number of nitrogens with one attached hydrogen (secondary N) is 1. The third-order valence-corrected chi connectivity index (χ3v) is 4.70. The third-order valence-electron chi connectivity index (χ3n) is 3.65. The van der Waals surface area contributed by atoms with Crippen LogP contribution in [0.2, 0.25) is 10.2 Å². The van der Waals surface area contributed by atoms with Gasteiger partial charge >= 0.3 is 0 Å². The molecular weight excluding hydrogens is 465 g/mol. The number of amides is 1. The largest absolute Gasteiger partial charge is 0.488 e. The molecule has 0 saturated heterocycles. The normalized spacial score (nSPS) is 10.8. The maximum Gasteiger partial charge on any atom is 0.274 e. The third kappa shape index (κ3) is 5.55. The van der Waals surface area contributed by atoms with Crippen LogP contribution in [0.25, 0.3) is 0 Å². The minimum atomic E-state index is -0.451. The molecule has 0 spiro atoms. The number of carbonyl (C=O) groups excluding carboxylic acids is 1. The van der Waals surface area contributed by atoms with Crippen LogP contribution in [0.5, 0.6) is 5.75 Å². The average Bonchev–Trinajstić information content (AvgIpc) is 2.69. The van der Waals surface area contributed by atoms with Crippen molar-refractivity contribution in [1.29, 1.82) is 0 Å². The molecule has 5 nitrogen and oxygen atoms in total. The highest BCUT2D eigenvalue weighted by Gasteiger charge is 2.09. The number of carbonyl (C=O) groups is 1. The van der Waals surface area contributed by atoms with Crippen molar-refractivity contribution in [2.24, 2.45) is 5.10 Å². The number of halogens is 3. The van der Waals surface area contributed by atoms with E-state index in [1.165, 1.54) is 12.4 Å². The highest BCUT2D eigenvalue weighted by molar-refractivity contribution is 9.10. The zero-order chi connectivity index (χ0) is 19.9. The Hall–Kier alpha value is -2.41. The highest BCUT2D eigenvalue weighted by Crippen LogP contribution is 2.23. The molecule has 1 N–H and O–H groups in total. The van der Waals surface area contributed by atoms with Crippen molar-refractivity contribution in [1.82, 2.24) is 10.4 Å². The van der Waals surface area contributed by atoms with E-state index >= 15 is 0 Å². The Bertz CT molecular complexity index is 1010. The van der Waals surface area contributed by atoms with Gasteiger partial charge in [-0.1, -0.05) is 51.3 Å². The van der Waals surface area contributed by atoms with Gasteiger partial charge < -0.3 is 4.74 Å². The van der Waals surface area contributed by atoms with Gasteiger partial charge in [0.1, 0.15) is 17.5 Å². The molecule has 3 aromatic rings. The Morgan fingerprint density at radius 1 is 1.18 bits per heavy atom. The van der Waals surface area contributed by atoms with E-state index in [1.54, 1.807) is 12.1 Å². The van der Waals surface area contributed by atoms with Crippen LogP contribution in [0.1, 0.15) is 21.5 Å². The summed E-state index contributed by atoms with van der Waals surface area (Å²) < 4.78 is 6.74. The molecule has 0 unspecified atom stereocenters. The lowest BCUT2D eigenvalue weighted by Gasteiger charge is -2.10. The molecule has 0 atom stereocenters. The van der Waals surface area contributed by atoms with Crippen molar-refractivity contribution >= 4 is 51.3 Å². The van der Waals surface area contributed by atoms with Crippen LogP contribution in [0.4, 0.5) is 0 Å². The van der Waals surface area contributed by atoms with E-state index in [2.05, 4.69) is 31.4 Å². The molecule has 0 fully saturated rings. The molecule has 28 heavy (non-hydrogen) atoms. The second-order valence-corrected chi connectivity index (χ2v) is 7.35. The monoisotopic (exact) mass is 477 g/mol. The summed E-state index contributed by atoms with van der Waals surface area (Å²) in [7, 11) is 0. The number of aromatic nitrogens is 1. The van der Waals surface area contributed by atoms with E-state index in [0.717, 1.165) is 10.0 Å². The van der Waals surface area contributed by atoms with Crippen LogP contribution >= 0.6 is 39.1 Å². The molecule has 1 amide bonds. The van der Waals surface area contributed by atoms with Crippen LogP contribution in [0.15, 0.2) is 70.4 Å². The number of rotatable bonds is 6. The van der Waals surface area contributed by atoms with E-state index in [0.29, 0.717) is 22.9 Å². The Morgan fingerprint density at radius 2 is 1.96 bits per heavy atom. The van der Waals surface area contributed by atoms with Gasteiger partial charge in [-0.25, -0.2) is 10.4 Å².